The number of aryl methyl sites for hydroxylation is 1. The molecule has 0 fully saturated rings. The van der Waals surface area contributed by atoms with Crippen LogP contribution in [0.1, 0.15) is 17.3 Å². The Balaban J connectivity index is 2.34. The molecule has 1 aromatic heterocycles. The minimum absolute atomic E-state index is 0.0267. The summed E-state index contributed by atoms with van der Waals surface area (Å²) in [5.41, 5.74) is 0.119. The summed E-state index contributed by atoms with van der Waals surface area (Å²) in [6.07, 6.45) is 2.82. The van der Waals surface area contributed by atoms with Crippen LogP contribution in [0.2, 0.25) is 0 Å². The van der Waals surface area contributed by atoms with Gasteiger partial charge >= 0.3 is 5.97 Å². The van der Waals surface area contributed by atoms with Gasteiger partial charge in [0.2, 0.25) is 0 Å². The van der Waals surface area contributed by atoms with Gasteiger partial charge in [-0.05, 0) is 25.1 Å². The lowest BCUT2D eigenvalue weighted by atomic mass is 10.2. The fourth-order valence-electron chi connectivity index (χ4n) is 1.63. The molecule has 0 aliphatic heterocycles. The Labute approximate surface area is 129 Å². The van der Waals surface area contributed by atoms with E-state index in [-0.39, 0.29) is 16.3 Å². The number of hydrogen-bond acceptors (Lipinski definition) is 4. The number of sulfonamides is 1. The van der Waals surface area contributed by atoms with Crippen molar-refractivity contribution in [2.24, 2.45) is 0 Å². The van der Waals surface area contributed by atoms with Crippen LogP contribution in [0.3, 0.4) is 0 Å². The van der Waals surface area contributed by atoms with E-state index < -0.39 is 16.0 Å². The second kappa shape index (κ2) is 5.86. The van der Waals surface area contributed by atoms with E-state index in [0.717, 1.165) is 0 Å². The molecule has 2 aromatic rings. The van der Waals surface area contributed by atoms with Gasteiger partial charge in [-0.25, -0.2) is 9.78 Å². The predicted octanol–water partition coefficient (Wildman–Crippen LogP) is 2.16. The molecular weight excluding hydrogens is 362 g/mol. The maximum atomic E-state index is 12.2. The molecule has 0 atom stereocenters. The zero-order valence-corrected chi connectivity index (χ0v) is 13.3. The van der Waals surface area contributed by atoms with Crippen LogP contribution in [-0.2, 0) is 16.6 Å². The van der Waals surface area contributed by atoms with Gasteiger partial charge in [0.25, 0.3) is 10.0 Å². The molecule has 1 aromatic carbocycles. The van der Waals surface area contributed by atoms with Crippen LogP contribution in [0.25, 0.3) is 0 Å². The number of carbonyl (C=O) groups is 1. The topological polar surface area (TPSA) is 101 Å². The molecule has 0 aliphatic carbocycles. The van der Waals surface area contributed by atoms with Crippen LogP contribution in [0, 0.1) is 0 Å². The lowest BCUT2D eigenvalue weighted by molar-refractivity contribution is 0.0697. The summed E-state index contributed by atoms with van der Waals surface area (Å²) in [5.74, 6) is -1.15. The summed E-state index contributed by atoms with van der Waals surface area (Å²) in [6.45, 7) is 2.46. The first kappa shape index (κ1) is 15.5. The summed E-state index contributed by atoms with van der Waals surface area (Å²) < 4.78 is 28.7. The number of anilines is 1. The van der Waals surface area contributed by atoms with Crippen LogP contribution in [-0.4, -0.2) is 29.0 Å². The van der Waals surface area contributed by atoms with Gasteiger partial charge in [-0.15, -0.1) is 0 Å². The van der Waals surface area contributed by atoms with Crippen molar-refractivity contribution in [3.8, 4) is 0 Å². The normalized spacial score (nSPS) is 11.3. The zero-order chi connectivity index (χ0) is 15.6. The third kappa shape index (κ3) is 3.61. The number of rotatable bonds is 5. The van der Waals surface area contributed by atoms with E-state index in [2.05, 4.69) is 25.6 Å². The Hall–Kier alpha value is -1.87. The molecule has 0 amide bonds. The van der Waals surface area contributed by atoms with Crippen LogP contribution in [0.15, 0.2) is 40.2 Å². The largest absolute Gasteiger partial charge is 0.478 e. The molecule has 0 saturated carbocycles. The van der Waals surface area contributed by atoms with E-state index >= 15 is 0 Å². The lowest BCUT2D eigenvalue weighted by Crippen LogP contribution is -2.14. The Kier molecular flexibility index (Phi) is 4.33. The summed E-state index contributed by atoms with van der Waals surface area (Å²) in [5, 5.41) is 8.85. The second-order valence-corrected chi connectivity index (χ2v) is 6.73. The quantitative estimate of drug-likeness (QED) is 0.835. The molecule has 21 heavy (non-hydrogen) atoms. The minimum Gasteiger partial charge on any atom is -0.478 e. The van der Waals surface area contributed by atoms with Crippen molar-refractivity contribution in [2.45, 2.75) is 18.5 Å². The summed E-state index contributed by atoms with van der Waals surface area (Å²) in [4.78, 5) is 14.8. The fraction of sp³-hybridized carbons (Fsp3) is 0.167. The molecular formula is C12H12BrN3O4S. The molecule has 112 valence electrons. The first-order valence-corrected chi connectivity index (χ1v) is 8.18. The second-order valence-electron chi connectivity index (χ2n) is 4.18. The monoisotopic (exact) mass is 373 g/mol. The molecule has 9 heteroatoms. The summed E-state index contributed by atoms with van der Waals surface area (Å²) in [6, 6.07) is 4.09. The maximum absolute atomic E-state index is 12.2. The Morgan fingerprint density at radius 3 is 2.71 bits per heavy atom. The van der Waals surface area contributed by atoms with Gasteiger partial charge in [-0.2, -0.15) is 8.42 Å². The predicted molar refractivity (Wildman–Crippen MR) is 79.8 cm³/mol. The average molecular weight is 374 g/mol. The number of nitrogens with zero attached hydrogens (tertiary/aromatic N) is 2. The Morgan fingerprint density at radius 2 is 2.14 bits per heavy atom. The van der Waals surface area contributed by atoms with E-state index in [4.69, 9.17) is 5.11 Å². The number of carboxylic acid groups (broad SMARTS) is 1. The molecule has 0 unspecified atom stereocenters. The smallest absolute Gasteiger partial charge is 0.335 e. The van der Waals surface area contributed by atoms with Crippen molar-refractivity contribution in [3.05, 3.63) is 40.8 Å². The van der Waals surface area contributed by atoms with Gasteiger partial charge < -0.3 is 9.67 Å². The van der Waals surface area contributed by atoms with Gasteiger partial charge in [0.15, 0.2) is 5.03 Å². The number of aromatic nitrogens is 2. The number of aromatic carboxylic acids is 1. The van der Waals surface area contributed by atoms with E-state index in [9.17, 15) is 13.2 Å². The maximum Gasteiger partial charge on any atom is 0.335 e. The van der Waals surface area contributed by atoms with Crippen molar-refractivity contribution in [3.63, 3.8) is 0 Å². The van der Waals surface area contributed by atoms with E-state index in [1.54, 1.807) is 4.57 Å². The first-order chi connectivity index (χ1) is 9.81. The lowest BCUT2D eigenvalue weighted by Gasteiger charge is -2.07. The average Bonchev–Trinajstić information content (AvgIpc) is 2.86. The van der Waals surface area contributed by atoms with Gasteiger partial charge in [-0.1, -0.05) is 15.9 Å². The molecule has 0 saturated heterocycles. The highest BCUT2D eigenvalue weighted by molar-refractivity contribution is 9.10. The van der Waals surface area contributed by atoms with Crippen molar-refractivity contribution < 1.29 is 18.3 Å². The van der Waals surface area contributed by atoms with Gasteiger partial charge in [0.05, 0.1) is 17.6 Å². The van der Waals surface area contributed by atoms with Crippen LogP contribution < -0.4 is 4.72 Å². The van der Waals surface area contributed by atoms with Crippen molar-refractivity contribution in [2.75, 3.05) is 4.72 Å². The summed E-state index contributed by atoms with van der Waals surface area (Å²) in [7, 11) is -3.86. The number of carboxylic acids is 1. The highest BCUT2D eigenvalue weighted by Gasteiger charge is 2.18. The molecule has 0 aliphatic rings. The number of hydrogen-bond donors (Lipinski definition) is 2. The molecule has 0 spiro atoms. The van der Waals surface area contributed by atoms with Gasteiger partial charge in [-0.3, -0.25) is 4.72 Å². The number of nitrogens with one attached hydrogen (secondary N) is 1. The SMILES string of the molecule is CCn1cnc(S(=O)(=O)Nc2cc(Br)cc(C(=O)O)c2)c1. The van der Waals surface area contributed by atoms with Crippen molar-refractivity contribution in [1.82, 2.24) is 9.55 Å². The Morgan fingerprint density at radius 1 is 1.43 bits per heavy atom. The minimum atomic E-state index is -3.86. The molecule has 2 rings (SSSR count). The van der Waals surface area contributed by atoms with E-state index in [1.165, 1.54) is 30.7 Å². The first-order valence-electron chi connectivity index (χ1n) is 5.90. The summed E-state index contributed by atoms with van der Waals surface area (Å²) >= 11 is 3.14. The van der Waals surface area contributed by atoms with Gasteiger partial charge in [0, 0.05) is 17.2 Å². The molecule has 7 nitrogen and oxygen atoms in total. The zero-order valence-electron chi connectivity index (χ0n) is 10.9. The van der Waals surface area contributed by atoms with Gasteiger partial charge in [0.1, 0.15) is 0 Å². The molecule has 1 heterocycles. The highest BCUT2D eigenvalue weighted by atomic mass is 79.9. The van der Waals surface area contributed by atoms with Crippen LogP contribution in [0.5, 0.6) is 0 Å². The number of halogens is 1. The standard InChI is InChI=1S/C12H12BrN3O4S/c1-2-16-6-11(14-7-16)21(19,20)15-10-4-8(12(17)18)3-9(13)5-10/h3-7,15H,2H2,1H3,(H,17,18). The fourth-order valence-corrected chi connectivity index (χ4v) is 3.12. The third-order valence-corrected chi connectivity index (χ3v) is 4.37. The van der Waals surface area contributed by atoms with E-state index in [0.29, 0.717) is 11.0 Å². The highest BCUT2D eigenvalue weighted by Crippen LogP contribution is 2.22. The number of benzene rings is 1. The molecule has 0 radical (unpaired) electrons. The molecule has 2 N–H and O–H groups in total. The van der Waals surface area contributed by atoms with Crippen molar-refractivity contribution in [1.29, 1.82) is 0 Å². The van der Waals surface area contributed by atoms with Crippen LogP contribution >= 0.6 is 15.9 Å². The Bertz CT molecular complexity index is 786. The molecule has 0 bridgehead atoms. The van der Waals surface area contributed by atoms with E-state index in [1.807, 2.05) is 6.92 Å². The van der Waals surface area contributed by atoms with Crippen molar-refractivity contribution >= 4 is 37.6 Å². The third-order valence-electron chi connectivity index (χ3n) is 2.65. The van der Waals surface area contributed by atoms with Crippen LogP contribution in [0.4, 0.5) is 5.69 Å². The number of imidazole rings is 1.